The van der Waals surface area contributed by atoms with Crippen molar-refractivity contribution >= 4 is 5.69 Å². The molecule has 0 saturated carbocycles. The van der Waals surface area contributed by atoms with Crippen LogP contribution in [0.4, 0.5) is 5.69 Å². The van der Waals surface area contributed by atoms with E-state index in [1.54, 1.807) is 0 Å². The van der Waals surface area contributed by atoms with E-state index in [-0.39, 0.29) is 5.41 Å². The highest BCUT2D eigenvalue weighted by atomic mass is 15.2. The molecule has 1 aromatic rings. The second-order valence-electron chi connectivity index (χ2n) is 4.70. The van der Waals surface area contributed by atoms with E-state index in [9.17, 15) is 0 Å². The van der Waals surface area contributed by atoms with Gasteiger partial charge >= 0.3 is 0 Å². The maximum absolute atomic E-state index is 8.85. The molecule has 0 radical (unpaired) electrons. The Hall–Kier alpha value is -1.49. The lowest BCUT2D eigenvalue weighted by Crippen LogP contribution is -2.39. The zero-order valence-corrected chi connectivity index (χ0v) is 9.49. The minimum absolute atomic E-state index is 0.132. The number of hydrogen-bond donors (Lipinski definition) is 0. The second kappa shape index (κ2) is 3.27. The number of hydrogen-bond acceptors (Lipinski definition) is 2. The number of benzene rings is 1. The van der Waals surface area contributed by atoms with Crippen LogP contribution in [0, 0.1) is 11.3 Å². The topological polar surface area (TPSA) is 27.0 Å². The maximum Gasteiger partial charge on any atom is 0.106 e. The fraction of sp³-hybridized carbons (Fsp3) is 0.462. The summed E-state index contributed by atoms with van der Waals surface area (Å²) in [5.41, 5.74) is 2.71. The lowest BCUT2D eigenvalue weighted by Gasteiger charge is -2.29. The molecule has 1 aromatic carbocycles. The first kappa shape index (κ1) is 10.0. The van der Waals surface area contributed by atoms with Crippen LogP contribution in [-0.2, 0) is 5.41 Å². The lowest BCUT2D eigenvalue weighted by molar-refractivity contribution is 0.449. The van der Waals surface area contributed by atoms with Gasteiger partial charge < -0.3 is 4.90 Å². The summed E-state index contributed by atoms with van der Waals surface area (Å²) < 4.78 is 0. The molecule has 0 saturated heterocycles. The first-order chi connectivity index (χ1) is 7.09. The molecule has 0 amide bonds. The standard InChI is InChI=1S/C13H16N2/c1-10-13(2,3)11-6-4-5-7-12(11)15(10)9-8-14/h4-7,10H,9H2,1-3H3. The van der Waals surface area contributed by atoms with E-state index in [2.05, 4.69) is 49.9 Å². The number of nitrogens with zero attached hydrogens (tertiary/aromatic N) is 2. The third-order valence-corrected chi connectivity index (χ3v) is 3.66. The lowest BCUT2D eigenvalue weighted by atomic mass is 9.81. The number of anilines is 1. The molecule has 0 N–H and O–H groups in total. The molecule has 2 heteroatoms. The van der Waals surface area contributed by atoms with Crippen LogP contribution in [0.1, 0.15) is 26.3 Å². The Kier molecular flexibility index (Phi) is 2.19. The Balaban J connectivity index is 2.53. The van der Waals surface area contributed by atoms with E-state index in [0.29, 0.717) is 12.6 Å². The van der Waals surface area contributed by atoms with Crippen LogP contribution in [0.2, 0.25) is 0 Å². The molecule has 0 spiro atoms. The highest BCUT2D eigenvalue weighted by Gasteiger charge is 2.41. The smallest absolute Gasteiger partial charge is 0.106 e. The van der Waals surface area contributed by atoms with Gasteiger partial charge in [-0.15, -0.1) is 0 Å². The van der Waals surface area contributed by atoms with Crippen molar-refractivity contribution in [2.45, 2.75) is 32.2 Å². The molecule has 1 aliphatic heterocycles. The van der Waals surface area contributed by atoms with Gasteiger partial charge in [0.25, 0.3) is 0 Å². The summed E-state index contributed by atoms with van der Waals surface area (Å²) in [7, 11) is 0. The highest BCUT2D eigenvalue weighted by molar-refractivity contribution is 5.64. The third kappa shape index (κ3) is 1.31. The molecular weight excluding hydrogens is 184 g/mol. The van der Waals surface area contributed by atoms with Crippen LogP contribution in [0.3, 0.4) is 0 Å². The first-order valence-electron chi connectivity index (χ1n) is 5.32. The summed E-state index contributed by atoms with van der Waals surface area (Å²) in [6, 6.07) is 11.0. The Morgan fingerprint density at radius 2 is 2.07 bits per heavy atom. The Morgan fingerprint density at radius 1 is 1.40 bits per heavy atom. The number of fused-ring (bicyclic) bond motifs is 1. The molecule has 0 aliphatic carbocycles. The van der Waals surface area contributed by atoms with Crippen molar-refractivity contribution in [3.63, 3.8) is 0 Å². The number of para-hydroxylation sites is 1. The zero-order chi connectivity index (χ0) is 11.1. The molecule has 2 rings (SSSR count). The van der Waals surface area contributed by atoms with Crippen LogP contribution in [0.25, 0.3) is 0 Å². The van der Waals surface area contributed by atoms with Crippen molar-refractivity contribution in [3.05, 3.63) is 29.8 Å². The molecule has 1 heterocycles. The Labute approximate surface area is 91.1 Å². The van der Waals surface area contributed by atoms with Crippen molar-refractivity contribution in [2.75, 3.05) is 11.4 Å². The van der Waals surface area contributed by atoms with Gasteiger partial charge in [0, 0.05) is 17.1 Å². The van der Waals surface area contributed by atoms with Gasteiger partial charge in [0.2, 0.25) is 0 Å². The third-order valence-electron chi connectivity index (χ3n) is 3.66. The van der Waals surface area contributed by atoms with Crippen molar-refractivity contribution in [3.8, 4) is 6.07 Å². The summed E-state index contributed by atoms with van der Waals surface area (Å²) in [6.45, 7) is 7.15. The van der Waals surface area contributed by atoms with Gasteiger partial charge in [-0.1, -0.05) is 32.0 Å². The minimum atomic E-state index is 0.132. The molecule has 0 bridgehead atoms. The van der Waals surface area contributed by atoms with Gasteiger partial charge in [-0.25, -0.2) is 0 Å². The highest BCUT2D eigenvalue weighted by Crippen LogP contribution is 2.44. The Morgan fingerprint density at radius 3 is 2.73 bits per heavy atom. The normalized spacial score (nSPS) is 22.3. The monoisotopic (exact) mass is 200 g/mol. The van der Waals surface area contributed by atoms with Crippen molar-refractivity contribution in [1.82, 2.24) is 0 Å². The zero-order valence-electron chi connectivity index (χ0n) is 9.49. The number of nitriles is 1. The van der Waals surface area contributed by atoms with E-state index in [4.69, 9.17) is 5.26 Å². The molecule has 1 unspecified atom stereocenters. The second-order valence-corrected chi connectivity index (χ2v) is 4.70. The van der Waals surface area contributed by atoms with Gasteiger partial charge in [0.05, 0.1) is 6.07 Å². The van der Waals surface area contributed by atoms with E-state index < -0.39 is 0 Å². The fourth-order valence-electron chi connectivity index (χ4n) is 2.39. The van der Waals surface area contributed by atoms with Gasteiger partial charge in [-0.3, -0.25) is 0 Å². The predicted octanol–water partition coefficient (Wildman–Crippen LogP) is 2.70. The van der Waals surface area contributed by atoms with Gasteiger partial charge in [-0.2, -0.15) is 5.26 Å². The predicted molar refractivity (Wildman–Crippen MR) is 61.9 cm³/mol. The van der Waals surface area contributed by atoms with Crippen LogP contribution in [-0.4, -0.2) is 12.6 Å². The minimum Gasteiger partial charge on any atom is -0.354 e. The average molecular weight is 200 g/mol. The Bertz CT molecular complexity index is 415. The van der Waals surface area contributed by atoms with E-state index >= 15 is 0 Å². The molecule has 1 aliphatic rings. The van der Waals surface area contributed by atoms with E-state index in [0.717, 1.165) is 0 Å². The summed E-state index contributed by atoms with van der Waals surface area (Å²) in [6.07, 6.45) is 0. The molecule has 15 heavy (non-hydrogen) atoms. The van der Waals surface area contributed by atoms with Crippen LogP contribution < -0.4 is 4.90 Å². The van der Waals surface area contributed by atoms with Gasteiger partial charge in [0.1, 0.15) is 6.54 Å². The SMILES string of the molecule is CC1N(CC#N)c2ccccc2C1(C)C. The largest absolute Gasteiger partial charge is 0.354 e. The van der Waals surface area contributed by atoms with Crippen LogP contribution in [0.5, 0.6) is 0 Å². The van der Waals surface area contributed by atoms with Crippen LogP contribution >= 0.6 is 0 Å². The summed E-state index contributed by atoms with van der Waals surface area (Å²) >= 11 is 0. The average Bonchev–Trinajstić information content (AvgIpc) is 2.42. The fourth-order valence-corrected chi connectivity index (χ4v) is 2.39. The van der Waals surface area contributed by atoms with Crippen molar-refractivity contribution < 1.29 is 0 Å². The van der Waals surface area contributed by atoms with E-state index in [1.807, 2.05) is 6.07 Å². The summed E-state index contributed by atoms with van der Waals surface area (Å²) in [5, 5.41) is 8.85. The first-order valence-corrected chi connectivity index (χ1v) is 5.32. The molecule has 0 fully saturated rings. The quantitative estimate of drug-likeness (QED) is 0.652. The van der Waals surface area contributed by atoms with Crippen LogP contribution in [0.15, 0.2) is 24.3 Å². The maximum atomic E-state index is 8.85. The van der Waals surface area contributed by atoms with Gasteiger partial charge in [0.15, 0.2) is 0 Å². The summed E-state index contributed by atoms with van der Waals surface area (Å²) in [5.74, 6) is 0. The summed E-state index contributed by atoms with van der Waals surface area (Å²) in [4.78, 5) is 2.19. The molecule has 78 valence electrons. The number of rotatable bonds is 1. The van der Waals surface area contributed by atoms with Crippen molar-refractivity contribution in [2.24, 2.45) is 0 Å². The van der Waals surface area contributed by atoms with Gasteiger partial charge in [-0.05, 0) is 18.6 Å². The van der Waals surface area contributed by atoms with Crippen molar-refractivity contribution in [1.29, 1.82) is 5.26 Å². The molecule has 1 atom stereocenters. The molecule has 0 aromatic heterocycles. The molecular formula is C13H16N2. The van der Waals surface area contributed by atoms with E-state index in [1.165, 1.54) is 11.3 Å². The molecule has 2 nitrogen and oxygen atoms in total.